The van der Waals surface area contributed by atoms with E-state index in [0.717, 1.165) is 19.6 Å². The van der Waals surface area contributed by atoms with E-state index in [1.807, 2.05) is 0 Å². The van der Waals surface area contributed by atoms with Gasteiger partial charge in [0.2, 0.25) is 0 Å². The predicted molar refractivity (Wildman–Crippen MR) is 94.3 cm³/mol. The van der Waals surface area contributed by atoms with Crippen LogP contribution in [0.4, 0.5) is 5.69 Å². The minimum Gasteiger partial charge on any atom is -0.493 e. The molecule has 24 heavy (non-hydrogen) atoms. The molecule has 1 fully saturated rings. The van der Waals surface area contributed by atoms with Crippen LogP contribution in [0.2, 0.25) is 0 Å². The number of anilines is 1. The van der Waals surface area contributed by atoms with Gasteiger partial charge >= 0.3 is 0 Å². The molecule has 1 unspecified atom stereocenters. The number of aromatic amines is 1. The molecular weight excluding hydrogens is 308 g/mol. The summed E-state index contributed by atoms with van der Waals surface area (Å²) in [5, 5.41) is 7.35. The van der Waals surface area contributed by atoms with Crippen LogP contribution >= 0.6 is 0 Å². The van der Waals surface area contributed by atoms with Crippen molar-refractivity contribution in [2.24, 2.45) is 5.92 Å². The van der Waals surface area contributed by atoms with Gasteiger partial charge in [-0.25, -0.2) is 4.98 Å². The smallest absolute Gasteiger partial charge is 0.258 e. The number of rotatable bonds is 5. The number of ether oxygens (including phenoxy) is 2. The Kier molecular flexibility index (Phi) is 4.89. The third-order valence-electron chi connectivity index (χ3n) is 4.43. The molecule has 1 saturated heterocycles. The molecule has 130 valence electrons. The zero-order valence-electron chi connectivity index (χ0n) is 14.4. The zero-order valence-corrected chi connectivity index (χ0v) is 14.4. The van der Waals surface area contributed by atoms with Gasteiger partial charge in [-0.15, -0.1) is 0 Å². The van der Waals surface area contributed by atoms with Gasteiger partial charge in [0.25, 0.3) is 5.56 Å². The summed E-state index contributed by atoms with van der Waals surface area (Å²) in [4.78, 5) is 19.5. The van der Waals surface area contributed by atoms with Crippen molar-refractivity contribution in [1.29, 1.82) is 0 Å². The standard InChI is InChI=1S/C17H24N4O3/c1-10-20-14-12(17(22)21-10)7-13(23-2)16(24-3)15(14)19-9-11-5-4-6-18-8-11/h7,11,18-19H,4-6,8-9H2,1-3H3,(H,20,21,22). The molecule has 3 rings (SSSR count). The highest BCUT2D eigenvalue weighted by Crippen LogP contribution is 2.40. The van der Waals surface area contributed by atoms with E-state index < -0.39 is 0 Å². The molecule has 1 aromatic heterocycles. The molecule has 3 N–H and O–H groups in total. The molecule has 1 aliphatic heterocycles. The largest absolute Gasteiger partial charge is 0.493 e. The Labute approximate surface area is 140 Å². The summed E-state index contributed by atoms with van der Waals surface area (Å²) in [6, 6.07) is 1.67. The third-order valence-corrected chi connectivity index (χ3v) is 4.43. The molecule has 7 heteroatoms. The van der Waals surface area contributed by atoms with Crippen LogP contribution in [-0.2, 0) is 0 Å². The summed E-state index contributed by atoms with van der Waals surface area (Å²) in [5.41, 5.74) is 1.14. The number of piperidine rings is 1. The summed E-state index contributed by atoms with van der Waals surface area (Å²) >= 11 is 0. The second kappa shape index (κ2) is 7.09. The maximum absolute atomic E-state index is 12.3. The number of hydrogen-bond donors (Lipinski definition) is 3. The minimum atomic E-state index is -0.180. The molecule has 0 bridgehead atoms. The van der Waals surface area contributed by atoms with E-state index in [0.29, 0.717) is 39.8 Å². The van der Waals surface area contributed by atoms with Crippen LogP contribution in [0.5, 0.6) is 11.5 Å². The molecule has 7 nitrogen and oxygen atoms in total. The van der Waals surface area contributed by atoms with E-state index >= 15 is 0 Å². The van der Waals surface area contributed by atoms with Crippen molar-refractivity contribution in [3.8, 4) is 11.5 Å². The topological polar surface area (TPSA) is 88.3 Å². The van der Waals surface area contributed by atoms with Gasteiger partial charge in [-0.3, -0.25) is 4.79 Å². The van der Waals surface area contributed by atoms with Crippen molar-refractivity contribution in [3.63, 3.8) is 0 Å². The molecule has 0 amide bonds. The minimum absolute atomic E-state index is 0.180. The lowest BCUT2D eigenvalue weighted by Gasteiger charge is -2.24. The molecule has 1 aromatic carbocycles. The fourth-order valence-corrected chi connectivity index (χ4v) is 3.21. The fourth-order valence-electron chi connectivity index (χ4n) is 3.21. The van der Waals surface area contributed by atoms with Crippen molar-refractivity contribution in [1.82, 2.24) is 15.3 Å². The number of aromatic nitrogens is 2. The average molecular weight is 332 g/mol. The molecule has 1 aliphatic rings. The van der Waals surface area contributed by atoms with Gasteiger partial charge in [0, 0.05) is 6.54 Å². The van der Waals surface area contributed by atoms with E-state index in [4.69, 9.17) is 9.47 Å². The predicted octanol–water partition coefficient (Wildman–Crippen LogP) is 1.66. The Morgan fingerprint density at radius 1 is 1.38 bits per heavy atom. The van der Waals surface area contributed by atoms with Gasteiger partial charge < -0.3 is 25.1 Å². The number of nitrogens with one attached hydrogen (secondary N) is 3. The molecule has 0 radical (unpaired) electrons. The number of methoxy groups -OCH3 is 2. The molecule has 1 atom stereocenters. The lowest BCUT2D eigenvalue weighted by Crippen LogP contribution is -2.33. The monoisotopic (exact) mass is 332 g/mol. The molecule has 0 spiro atoms. The van der Waals surface area contributed by atoms with Crippen LogP contribution in [0.3, 0.4) is 0 Å². The van der Waals surface area contributed by atoms with Gasteiger partial charge in [-0.2, -0.15) is 0 Å². The Bertz CT molecular complexity index is 781. The van der Waals surface area contributed by atoms with Crippen LogP contribution in [0.1, 0.15) is 18.7 Å². The Morgan fingerprint density at radius 3 is 2.88 bits per heavy atom. The van der Waals surface area contributed by atoms with E-state index in [-0.39, 0.29) is 5.56 Å². The van der Waals surface area contributed by atoms with Crippen LogP contribution in [-0.4, -0.2) is 43.8 Å². The van der Waals surface area contributed by atoms with Gasteiger partial charge in [-0.1, -0.05) is 0 Å². The summed E-state index contributed by atoms with van der Waals surface area (Å²) in [6.07, 6.45) is 2.36. The average Bonchev–Trinajstić information content (AvgIpc) is 2.60. The lowest BCUT2D eigenvalue weighted by atomic mass is 9.99. The molecule has 2 heterocycles. The number of fused-ring (bicyclic) bond motifs is 1. The van der Waals surface area contributed by atoms with Gasteiger partial charge in [0.15, 0.2) is 11.5 Å². The number of H-pyrrole nitrogens is 1. The van der Waals surface area contributed by atoms with Crippen molar-refractivity contribution in [2.45, 2.75) is 19.8 Å². The van der Waals surface area contributed by atoms with Gasteiger partial charge in [0.1, 0.15) is 17.0 Å². The highest BCUT2D eigenvalue weighted by atomic mass is 16.5. The first kappa shape index (κ1) is 16.6. The molecule has 2 aromatic rings. The first-order chi connectivity index (χ1) is 11.6. The molecular formula is C17H24N4O3. The highest BCUT2D eigenvalue weighted by molar-refractivity contribution is 5.95. The zero-order chi connectivity index (χ0) is 17.1. The fraction of sp³-hybridized carbons (Fsp3) is 0.529. The van der Waals surface area contributed by atoms with Gasteiger partial charge in [-0.05, 0) is 44.8 Å². The molecule has 0 aliphatic carbocycles. The summed E-state index contributed by atoms with van der Waals surface area (Å²) in [7, 11) is 3.16. The Balaban J connectivity index is 2.06. The van der Waals surface area contributed by atoms with E-state index in [2.05, 4.69) is 20.6 Å². The summed E-state index contributed by atoms with van der Waals surface area (Å²) in [6.45, 7) is 4.63. The first-order valence-corrected chi connectivity index (χ1v) is 8.24. The van der Waals surface area contributed by atoms with Crippen molar-refractivity contribution < 1.29 is 9.47 Å². The Morgan fingerprint density at radius 2 is 2.21 bits per heavy atom. The maximum atomic E-state index is 12.3. The Hall–Kier alpha value is -2.28. The quantitative estimate of drug-likeness (QED) is 0.772. The third kappa shape index (κ3) is 3.17. The maximum Gasteiger partial charge on any atom is 0.258 e. The number of nitrogens with zero attached hydrogens (tertiary/aromatic N) is 1. The van der Waals surface area contributed by atoms with Crippen molar-refractivity contribution in [3.05, 3.63) is 22.2 Å². The first-order valence-electron chi connectivity index (χ1n) is 8.24. The SMILES string of the molecule is COc1cc2c(=O)[nH]c(C)nc2c(NCC2CCCNC2)c1OC. The lowest BCUT2D eigenvalue weighted by molar-refractivity contribution is 0.356. The molecule has 0 saturated carbocycles. The second-order valence-electron chi connectivity index (χ2n) is 6.13. The van der Waals surface area contributed by atoms with Crippen molar-refractivity contribution >= 4 is 16.6 Å². The number of benzene rings is 1. The van der Waals surface area contributed by atoms with Crippen LogP contribution in [0.15, 0.2) is 10.9 Å². The normalized spacial score (nSPS) is 17.7. The van der Waals surface area contributed by atoms with E-state index in [9.17, 15) is 4.79 Å². The highest BCUT2D eigenvalue weighted by Gasteiger charge is 2.20. The van der Waals surface area contributed by atoms with E-state index in [1.54, 1.807) is 27.2 Å². The van der Waals surface area contributed by atoms with Crippen LogP contribution < -0.4 is 25.7 Å². The van der Waals surface area contributed by atoms with Crippen LogP contribution in [0, 0.1) is 12.8 Å². The summed E-state index contributed by atoms with van der Waals surface area (Å²) < 4.78 is 10.9. The number of aryl methyl sites for hydroxylation is 1. The summed E-state index contributed by atoms with van der Waals surface area (Å²) in [5.74, 6) is 2.20. The number of hydrogen-bond acceptors (Lipinski definition) is 6. The van der Waals surface area contributed by atoms with E-state index in [1.165, 1.54) is 12.8 Å². The van der Waals surface area contributed by atoms with Gasteiger partial charge in [0.05, 0.1) is 19.6 Å². The van der Waals surface area contributed by atoms with Crippen molar-refractivity contribution in [2.75, 3.05) is 39.2 Å². The second-order valence-corrected chi connectivity index (χ2v) is 6.13. The van der Waals surface area contributed by atoms with Crippen LogP contribution in [0.25, 0.3) is 10.9 Å².